The van der Waals surface area contributed by atoms with Gasteiger partial charge in [0.05, 0.1) is 13.2 Å². The zero-order valence-electron chi connectivity index (χ0n) is 19.6. The van der Waals surface area contributed by atoms with E-state index in [-0.39, 0.29) is 23.2 Å². The number of ether oxygens (including phenoxy) is 1. The number of benzene rings is 1. The molecule has 2 aliphatic rings. The highest BCUT2D eigenvalue weighted by molar-refractivity contribution is 5.74. The van der Waals surface area contributed by atoms with Gasteiger partial charge >= 0.3 is 18.2 Å². The number of carbonyl (C=O) groups excluding carboxylic acids is 1. The molecule has 0 unspecified atom stereocenters. The third-order valence-corrected chi connectivity index (χ3v) is 5.51. The first kappa shape index (κ1) is 26.9. The second-order valence-electron chi connectivity index (χ2n) is 9.86. The number of rotatable bonds is 4. The highest BCUT2D eigenvalue weighted by Crippen LogP contribution is 2.28. The second kappa shape index (κ2) is 10.7. The summed E-state index contributed by atoms with van der Waals surface area (Å²) in [5.41, 5.74) is 3.99. The normalized spacial score (nSPS) is 19.5. The summed E-state index contributed by atoms with van der Waals surface area (Å²) in [6.07, 6.45) is -1.37. The summed E-state index contributed by atoms with van der Waals surface area (Å²) < 4.78 is 37.3. The van der Waals surface area contributed by atoms with Crippen LogP contribution in [0.1, 0.15) is 57.2 Å². The lowest BCUT2D eigenvalue weighted by atomic mass is 9.80. The molecule has 0 spiro atoms. The molecule has 7 nitrogen and oxygen atoms in total. The largest absolute Gasteiger partial charge is 0.490 e. The van der Waals surface area contributed by atoms with Gasteiger partial charge in [-0.1, -0.05) is 18.2 Å². The predicted octanol–water partition coefficient (Wildman–Crippen LogP) is 3.54. The summed E-state index contributed by atoms with van der Waals surface area (Å²) >= 11 is 0. The van der Waals surface area contributed by atoms with Crippen LogP contribution in [0.25, 0.3) is 0 Å². The topological polar surface area (TPSA) is 99.7 Å². The van der Waals surface area contributed by atoms with Crippen molar-refractivity contribution in [1.29, 1.82) is 0 Å². The van der Waals surface area contributed by atoms with E-state index >= 15 is 0 Å². The minimum absolute atomic E-state index is 0.0326. The molecule has 1 aromatic carbocycles. The summed E-state index contributed by atoms with van der Waals surface area (Å²) in [4.78, 5) is 21.2. The SMILES string of the molecule is CC1(C)CC(NC(=O)NCCc2ccc3c(c2)COCC3)CC(C)(C)N1.O=C(O)C(F)(F)F. The number of aliphatic carboxylic acids is 1. The van der Waals surface area contributed by atoms with Crippen molar-refractivity contribution >= 4 is 12.0 Å². The van der Waals surface area contributed by atoms with Crippen LogP contribution in [-0.4, -0.2) is 53.6 Å². The average Bonchev–Trinajstić information content (AvgIpc) is 2.65. The summed E-state index contributed by atoms with van der Waals surface area (Å²) in [5, 5.41) is 16.9. The fraction of sp³-hybridized carbons (Fsp3) is 0.652. The fourth-order valence-electron chi connectivity index (χ4n) is 4.56. The summed E-state index contributed by atoms with van der Waals surface area (Å²) in [5.74, 6) is -2.76. The summed E-state index contributed by atoms with van der Waals surface area (Å²) in [7, 11) is 0. The first-order chi connectivity index (χ1) is 15.2. The molecule has 0 atom stereocenters. The van der Waals surface area contributed by atoms with Crippen molar-refractivity contribution in [3.8, 4) is 0 Å². The second-order valence-corrected chi connectivity index (χ2v) is 9.86. The molecule has 1 fully saturated rings. The Kier molecular flexibility index (Phi) is 8.75. The molecule has 33 heavy (non-hydrogen) atoms. The van der Waals surface area contributed by atoms with Crippen molar-refractivity contribution in [2.75, 3.05) is 13.2 Å². The zero-order valence-corrected chi connectivity index (χ0v) is 19.6. The van der Waals surface area contributed by atoms with Gasteiger partial charge in [0.2, 0.25) is 0 Å². The van der Waals surface area contributed by atoms with E-state index in [2.05, 4.69) is 61.8 Å². The maximum atomic E-state index is 12.3. The van der Waals surface area contributed by atoms with Crippen molar-refractivity contribution < 1.29 is 32.6 Å². The molecule has 0 saturated carbocycles. The van der Waals surface area contributed by atoms with E-state index in [1.165, 1.54) is 16.7 Å². The smallest absolute Gasteiger partial charge is 0.475 e. The fourth-order valence-corrected chi connectivity index (χ4v) is 4.56. The molecule has 186 valence electrons. The third kappa shape index (κ3) is 9.21. The van der Waals surface area contributed by atoms with Gasteiger partial charge in [0.15, 0.2) is 0 Å². The van der Waals surface area contributed by atoms with Crippen molar-refractivity contribution in [1.82, 2.24) is 16.0 Å². The van der Waals surface area contributed by atoms with Gasteiger partial charge < -0.3 is 25.8 Å². The number of nitrogens with one attached hydrogen (secondary N) is 3. The molecule has 0 aliphatic carbocycles. The molecular weight excluding hydrogens is 439 g/mol. The lowest BCUT2D eigenvalue weighted by molar-refractivity contribution is -0.192. The monoisotopic (exact) mass is 473 g/mol. The van der Waals surface area contributed by atoms with Gasteiger partial charge in [0.25, 0.3) is 0 Å². The Labute approximate surface area is 192 Å². The number of carboxylic acid groups (broad SMARTS) is 1. The predicted molar refractivity (Wildman–Crippen MR) is 118 cm³/mol. The lowest BCUT2D eigenvalue weighted by Gasteiger charge is -2.46. The third-order valence-electron chi connectivity index (χ3n) is 5.51. The first-order valence-corrected chi connectivity index (χ1v) is 11.0. The van der Waals surface area contributed by atoms with E-state index in [4.69, 9.17) is 14.6 Å². The molecular formula is C23H34F3N3O4. The number of alkyl halides is 3. The first-order valence-electron chi connectivity index (χ1n) is 11.0. The van der Waals surface area contributed by atoms with Crippen molar-refractivity contribution in [3.63, 3.8) is 0 Å². The molecule has 10 heteroatoms. The van der Waals surface area contributed by atoms with Crippen LogP contribution in [0.15, 0.2) is 18.2 Å². The van der Waals surface area contributed by atoms with Gasteiger partial charge in [-0.05, 0) is 70.1 Å². The highest BCUT2D eigenvalue weighted by Gasteiger charge is 2.39. The molecule has 0 radical (unpaired) electrons. The number of amides is 2. The van der Waals surface area contributed by atoms with Crippen LogP contribution in [0.3, 0.4) is 0 Å². The molecule has 2 heterocycles. The number of carboxylic acids is 1. The van der Waals surface area contributed by atoms with E-state index in [1.54, 1.807) is 0 Å². The Hall–Kier alpha value is -2.33. The number of hydrogen-bond acceptors (Lipinski definition) is 4. The van der Waals surface area contributed by atoms with Gasteiger partial charge in [-0.2, -0.15) is 13.2 Å². The standard InChI is InChI=1S/C21H33N3O2.C2HF3O2/c1-20(2)12-18(13-21(3,4)24-20)23-19(25)22-9-7-15-5-6-16-8-10-26-14-17(16)11-15;3-2(4,5)1(6)7/h5-6,11,18,24H,7-10,12-14H2,1-4H3,(H2,22,23,25);(H,6,7). The van der Waals surface area contributed by atoms with Crippen molar-refractivity contribution in [2.45, 2.75) is 83.3 Å². The van der Waals surface area contributed by atoms with Crippen LogP contribution in [0, 0.1) is 0 Å². The Morgan fingerprint density at radius 2 is 1.76 bits per heavy atom. The molecule has 0 bridgehead atoms. The van der Waals surface area contributed by atoms with Crippen LogP contribution in [-0.2, 0) is 29.0 Å². The Morgan fingerprint density at radius 1 is 1.15 bits per heavy atom. The summed E-state index contributed by atoms with van der Waals surface area (Å²) in [6, 6.07) is 6.71. The minimum Gasteiger partial charge on any atom is -0.475 e. The van der Waals surface area contributed by atoms with E-state index in [1.807, 2.05) is 0 Å². The molecule has 3 rings (SSSR count). The maximum Gasteiger partial charge on any atom is 0.490 e. The highest BCUT2D eigenvalue weighted by atomic mass is 19.4. The van der Waals surface area contributed by atoms with Crippen molar-refractivity contribution in [3.05, 3.63) is 34.9 Å². The zero-order chi connectivity index (χ0) is 24.9. The average molecular weight is 474 g/mol. The molecule has 0 aromatic heterocycles. The quantitative estimate of drug-likeness (QED) is 0.536. The number of piperidine rings is 1. The molecule has 1 aromatic rings. The van der Waals surface area contributed by atoms with Crippen molar-refractivity contribution in [2.24, 2.45) is 0 Å². The van der Waals surface area contributed by atoms with E-state index in [0.717, 1.165) is 32.3 Å². The van der Waals surface area contributed by atoms with Crippen LogP contribution in [0.4, 0.5) is 18.0 Å². The Morgan fingerprint density at radius 3 is 2.33 bits per heavy atom. The number of halogens is 3. The Bertz CT molecular complexity index is 825. The van der Waals surface area contributed by atoms with Gasteiger partial charge in [-0.15, -0.1) is 0 Å². The van der Waals surface area contributed by atoms with E-state index in [0.29, 0.717) is 13.2 Å². The molecule has 2 aliphatic heterocycles. The van der Waals surface area contributed by atoms with Crippen LogP contribution in [0.2, 0.25) is 0 Å². The van der Waals surface area contributed by atoms with E-state index < -0.39 is 12.1 Å². The van der Waals surface area contributed by atoms with Crippen LogP contribution in [0.5, 0.6) is 0 Å². The number of carbonyl (C=O) groups is 2. The maximum absolute atomic E-state index is 12.3. The molecule has 1 saturated heterocycles. The van der Waals surface area contributed by atoms with Crippen LogP contribution >= 0.6 is 0 Å². The number of fused-ring (bicyclic) bond motifs is 1. The number of urea groups is 1. The minimum atomic E-state index is -5.08. The summed E-state index contributed by atoms with van der Waals surface area (Å²) in [6.45, 7) is 10.9. The van der Waals surface area contributed by atoms with Gasteiger partial charge in [-0.3, -0.25) is 0 Å². The van der Waals surface area contributed by atoms with E-state index in [9.17, 15) is 18.0 Å². The molecule has 2 amide bonds. The van der Waals surface area contributed by atoms with Gasteiger partial charge in [0.1, 0.15) is 0 Å². The Balaban J connectivity index is 0.000000479. The number of hydrogen-bond donors (Lipinski definition) is 4. The molecule has 4 N–H and O–H groups in total. The van der Waals surface area contributed by atoms with Gasteiger partial charge in [-0.25, -0.2) is 9.59 Å². The van der Waals surface area contributed by atoms with Gasteiger partial charge in [0, 0.05) is 23.7 Å². The lowest BCUT2D eigenvalue weighted by Crippen LogP contribution is -2.62. The van der Waals surface area contributed by atoms with Crippen LogP contribution < -0.4 is 16.0 Å².